The molecule has 0 radical (unpaired) electrons. The molecule has 0 saturated carbocycles. The smallest absolute Gasteiger partial charge is 0.388 e. The first kappa shape index (κ1) is 25.5. The molecule has 34 heavy (non-hydrogen) atoms. The fourth-order valence-corrected chi connectivity index (χ4v) is 5.45. The number of hydrogen-bond donors (Lipinski definition) is 6. The maximum atomic E-state index is 12.5. The molecule has 2 aliphatic rings. The van der Waals surface area contributed by atoms with E-state index in [0.717, 1.165) is 0 Å². The summed E-state index contributed by atoms with van der Waals surface area (Å²) >= 11 is 0. The van der Waals surface area contributed by atoms with E-state index in [1.165, 1.54) is 17.2 Å². The molecule has 0 bridgehead atoms. The number of hydrogen-bond acceptors (Lipinski definition) is 14. The van der Waals surface area contributed by atoms with E-state index in [9.17, 15) is 34.2 Å². The first-order chi connectivity index (χ1) is 16.0. The summed E-state index contributed by atoms with van der Waals surface area (Å²) in [5.41, 5.74) is 6.19. The highest BCUT2D eigenvalue weighted by atomic mass is 31.2. The van der Waals surface area contributed by atoms with Crippen LogP contribution in [0.15, 0.2) is 12.7 Å². The van der Waals surface area contributed by atoms with Crippen molar-refractivity contribution in [1.82, 2.24) is 19.5 Å². The van der Waals surface area contributed by atoms with Crippen LogP contribution in [0.5, 0.6) is 0 Å². The topological polar surface area (TPSA) is 251 Å². The molecule has 7 N–H and O–H groups in total. The van der Waals surface area contributed by atoms with Crippen molar-refractivity contribution >= 4 is 32.6 Å². The Balaban J connectivity index is 1.56. The summed E-state index contributed by atoms with van der Waals surface area (Å²) < 4.78 is 50.8. The number of fused-ring (bicyclic) bond motifs is 2. The zero-order valence-electron chi connectivity index (χ0n) is 17.3. The average Bonchev–Trinajstić information content (AvgIpc) is 3.33. The summed E-state index contributed by atoms with van der Waals surface area (Å²) in [6, 6.07) is 0. The molecule has 0 amide bonds. The Bertz CT molecular complexity index is 1120. The number of nitrogen functional groups attached to an aromatic ring is 1. The molecular weight excluding hydrogens is 504 g/mol. The van der Waals surface area contributed by atoms with Gasteiger partial charge in [-0.05, 0) is 0 Å². The second kappa shape index (κ2) is 9.81. The van der Waals surface area contributed by atoms with Crippen LogP contribution >= 0.6 is 15.6 Å². The molecule has 4 rings (SSSR count). The van der Waals surface area contributed by atoms with E-state index < -0.39 is 65.5 Å². The van der Waals surface area contributed by atoms with Crippen molar-refractivity contribution in [2.45, 2.75) is 43.2 Å². The summed E-state index contributed by atoms with van der Waals surface area (Å²) in [5.74, 6) is 0.0819. The normalized spacial score (nSPS) is 38.7. The van der Waals surface area contributed by atoms with Gasteiger partial charge in [0, 0.05) is 0 Å². The van der Waals surface area contributed by atoms with Crippen LogP contribution in [0.3, 0.4) is 0 Å². The van der Waals surface area contributed by atoms with Gasteiger partial charge in [-0.3, -0.25) is 18.1 Å². The molecule has 17 nitrogen and oxygen atoms in total. The number of imidazole rings is 1. The molecule has 2 fully saturated rings. The van der Waals surface area contributed by atoms with Crippen LogP contribution in [0.25, 0.3) is 11.2 Å². The van der Waals surface area contributed by atoms with Gasteiger partial charge in [-0.2, -0.15) is 0 Å². The van der Waals surface area contributed by atoms with E-state index >= 15 is 0 Å². The van der Waals surface area contributed by atoms with Crippen LogP contribution < -0.4 is 5.73 Å². The predicted molar refractivity (Wildman–Crippen MR) is 109 cm³/mol. The van der Waals surface area contributed by atoms with E-state index in [-0.39, 0.29) is 30.1 Å². The Hall–Kier alpha value is -1.59. The summed E-state index contributed by atoms with van der Waals surface area (Å²) in [4.78, 5) is 31.9. The van der Waals surface area contributed by atoms with Crippen LogP contribution in [0.2, 0.25) is 0 Å². The minimum atomic E-state index is -4.93. The average molecular weight is 527 g/mol. The summed E-state index contributed by atoms with van der Waals surface area (Å²) in [7, 11) is -9.76. The molecule has 2 aromatic heterocycles. The first-order valence-corrected chi connectivity index (χ1v) is 12.8. The fraction of sp³-hybridized carbons (Fsp3) is 0.667. The lowest BCUT2D eigenvalue weighted by Gasteiger charge is -2.31. The number of phosphoric acid groups is 2. The van der Waals surface area contributed by atoms with Gasteiger partial charge in [0.25, 0.3) is 0 Å². The third kappa shape index (κ3) is 5.62. The molecular formula is C15H23N5O12P2. The maximum absolute atomic E-state index is 12.5. The van der Waals surface area contributed by atoms with Gasteiger partial charge in [0.05, 0.1) is 32.7 Å². The Kier molecular flexibility index (Phi) is 7.36. The second-order valence-electron chi connectivity index (χ2n) is 7.57. The van der Waals surface area contributed by atoms with Crippen molar-refractivity contribution in [3.8, 4) is 0 Å². The lowest BCUT2D eigenvalue weighted by atomic mass is 10.1. The minimum Gasteiger partial charge on any atom is -0.388 e. The molecule has 2 saturated heterocycles. The van der Waals surface area contributed by atoms with Crippen LogP contribution in [0.1, 0.15) is 0 Å². The van der Waals surface area contributed by atoms with Crippen molar-refractivity contribution in [1.29, 1.82) is 0 Å². The van der Waals surface area contributed by atoms with Gasteiger partial charge in [0.2, 0.25) is 0 Å². The van der Waals surface area contributed by atoms with E-state index in [4.69, 9.17) is 28.6 Å². The number of nitrogens with zero attached hydrogens (tertiary/aromatic N) is 4. The van der Waals surface area contributed by atoms with E-state index in [0.29, 0.717) is 0 Å². The number of aliphatic hydroxyl groups is 3. The Morgan fingerprint density at radius 2 is 1.76 bits per heavy atom. The Morgan fingerprint density at radius 3 is 2.53 bits per heavy atom. The van der Waals surface area contributed by atoms with E-state index in [1.807, 2.05) is 0 Å². The Labute approximate surface area is 191 Å². The van der Waals surface area contributed by atoms with Crippen LogP contribution in [0.4, 0.5) is 5.82 Å². The number of anilines is 1. The third-order valence-electron chi connectivity index (χ3n) is 5.12. The highest BCUT2D eigenvalue weighted by molar-refractivity contribution is 7.47. The monoisotopic (exact) mass is 527 g/mol. The van der Waals surface area contributed by atoms with Gasteiger partial charge in [-0.25, -0.2) is 24.1 Å². The molecule has 4 unspecified atom stereocenters. The van der Waals surface area contributed by atoms with Crippen LogP contribution in [0, 0.1) is 0 Å². The van der Waals surface area contributed by atoms with Crippen LogP contribution in [-0.2, 0) is 38.5 Å². The lowest BCUT2D eigenvalue weighted by Crippen LogP contribution is -2.44. The third-order valence-corrected chi connectivity index (χ3v) is 7.09. The second-order valence-corrected chi connectivity index (χ2v) is 10.4. The number of aromatic nitrogens is 4. The highest BCUT2D eigenvalue weighted by Crippen LogP contribution is 2.50. The lowest BCUT2D eigenvalue weighted by molar-refractivity contribution is -0.0897. The van der Waals surface area contributed by atoms with Crippen molar-refractivity contribution in [2.24, 2.45) is 0 Å². The van der Waals surface area contributed by atoms with Crippen LogP contribution in [-0.4, -0.2) is 101 Å². The molecule has 0 spiro atoms. The summed E-state index contributed by atoms with van der Waals surface area (Å²) in [5, 5.41) is 31.1. The summed E-state index contributed by atoms with van der Waals surface area (Å²) in [6.07, 6.45) is -6.99. The molecule has 2 aromatic rings. The molecule has 19 heteroatoms. The maximum Gasteiger partial charge on any atom is 0.472 e. The van der Waals surface area contributed by atoms with Gasteiger partial charge in [0.1, 0.15) is 48.5 Å². The molecule has 2 aliphatic heterocycles. The molecule has 0 aliphatic carbocycles. The number of ether oxygens (including phenoxy) is 1. The van der Waals surface area contributed by atoms with Gasteiger partial charge >= 0.3 is 15.6 Å². The van der Waals surface area contributed by atoms with Crippen molar-refractivity contribution in [3.05, 3.63) is 12.7 Å². The van der Waals surface area contributed by atoms with E-state index in [2.05, 4.69) is 15.0 Å². The van der Waals surface area contributed by atoms with Crippen molar-refractivity contribution < 1.29 is 57.1 Å². The molecule has 4 heterocycles. The molecule has 8 atom stereocenters. The minimum absolute atomic E-state index is 0.0819. The molecule has 190 valence electrons. The SMILES string of the molecule is Nc1ncnc2c1ncn2C[C@H](O)C1OP(=O)(O)OC[C@H]2OC[C@H](O)C2OP(=O)(O)OC[C@H]1O. The fourth-order valence-electron chi connectivity index (χ4n) is 3.48. The Morgan fingerprint density at radius 1 is 1.06 bits per heavy atom. The quantitative estimate of drug-likeness (QED) is 0.234. The zero-order chi connectivity index (χ0) is 24.7. The van der Waals surface area contributed by atoms with Gasteiger partial charge in [0.15, 0.2) is 11.5 Å². The first-order valence-electron chi connectivity index (χ1n) is 9.84. The number of phosphoric ester groups is 2. The standard InChI is InChI=1S/C15H23N5O12P2/c16-14-11-15(18-5-17-14)20(6-19-11)1-7(21)12-9(23)3-29-33(24,25)32-13-8(22)2-28-10(13)4-30-34(26,27)31-12/h5-10,12-13,21-23H,1-4H2,(H,24,25)(H,26,27)(H2,16,17,18)/t7-,8-,9+,10+,12?,13?/m0/s1. The number of nitrogens with two attached hydrogens (primary N) is 1. The summed E-state index contributed by atoms with van der Waals surface area (Å²) in [6.45, 7) is -2.30. The zero-order valence-corrected chi connectivity index (χ0v) is 19.1. The van der Waals surface area contributed by atoms with E-state index in [1.54, 1.807) is 0 Å². The highest BCUT2D eigenvalue weighted by Gasteiger charge is 2.46. The van der Waals surface area contributed by atoms with Crippen molar-refractivity contribution in [2.75, 3.05) is 25.6 Å². The molecule has 0 aromatic carbocycles. The number of aliphatic hydroxyl groups excluding tert-OH is 3. The van der Waals surface area contributed by atoms with Crippen molar-refractivity contribution in [3.63, 3.8) is 0 Å². The van der Waals surface area contributed by atoms with Gasteiger partial charge in [-0.1, -0.05) is 0 Å². The predicted octanol–water partition coefficient (Wildman–Crippen LogP) is -2.09. The number of rotatable bonds is 3. The van der Waals surface area contributed by atoms with Gasteiger partial charge in [-0.15, -0.1) is 0 Å². The van der Waals surface area contributed by atoms with Gasteiger partial charge < -0.3 is 40.1 Å². The largest absolute Gasteiger partial charge is 0.472 e.